The molecule has 0 aliphatic heterocycles. The van der Waals surface area contributed by atoms with Crippen LogP contribution in [0.25, 0.3) is 0 Å². The molecule has 102 valence electrons. The zero-order valence-electron chi connectivity index (χ0n) is 12.2. The quantitative estimate of drug-likeness (QED) is 0.622. The molecule has 2 nitrogen and oxygen atoms in total. The average molecular weight is 240 g/mol. The van der Waals surface area contributed by atoms with E-state index in [0.717, 1.165) is 18.5 Å². The third-order valence-electron chi connectivity index (χ3n) is 3.88. The van der Waals surface area contributed by atoms with E-state index < -0.39 is 0 Å². The first-order chi connectivity index (χ1) is 8.24. The number of rotatable bonds is 9. The van der Waals surface area contributed by atoms with Crippen molar-refractivity contribution in [2.75, 3.05) is 26.2 Å². The summed E-state index contributed by atoms with van der Waals surface area (Å²) in [5.74, 6) is 0.840. The van der Waals surface area contributed by atoms with Crippen molar-refractivity contribution in [3.63, 3.8) is 0 Å². The molecule has 1 N–H and O–H groups in total. The topological polar surface area (TPSA) is 15.3 Å². The van der Waals surface area contributed by atoms with Crippen LogP contribution in [0.3, 0.4) is 0 Å². The van der Waals surface area contributed by atoms with Crippen LogP contribution < -0.4 is 5.32 Å². The second-order valence-electron chi connectivity index (χ2n) is 5.86. The summed E-state index contributed by atoms with van der Waals surface area (Å²) in [5, 5.41) is 3.43. The van der Waals surface area contributed by atoms with E-state index in [1.165, 1.54) is 58.2 Å². The van der Waals surface area contributed by atoms with Crippen LogP contribution in [0.2, 0.25) is 0 Å². The third-order valence-corrected chi connectivity index (χ3v) is 3.88. The monoisotopic (exact) mass is 240 g/mol. The Morgan fingerprint density at radius 1 is 1.18 bits per heavy atom. The van der Waals surface area contributed by atoms with Crippen molar-refractivity contribution in [3.05, 3.63) is 0 Å². The second kappa shape index (κ2) is 8.93. The van der Waals surface area contributed by atoms with Gasteiger partial charge in [-0.05, 0) is 57.8 Å². The molecule has 0 unspecified atom stereocenters. The van der Waals surface area contributed by atoms with Crippen molar-refractivity contribution in [2.45, 2.75) is 65.3 Å². The molecule has 1 saturated carbocycles. The average Bonchev–Trinajstić information content (AvgIpc) is 2.81. The van der Waals surface area contributed by atoms with Gasteiger partial charge in [-0.1, -0.05) is 33.6 Å². The Bertz CT molecular complexity index is 174. The molecular weight excluding hydrogens is 208 g/mol. The van der Waals surface area contributed by atoms with Crippen molar-refractivity contribution in [3.8, 4) is 0 Å². The maximum absolute atomic E-state index is 3.43. The van der Waals surface area contributed by atoms with Gasteiger partial charge in [0.15, 0.2) is 0 Å². The molecule has 1 fully saturated rings. The minimum atomic E-state index is 0.840. The maximum atomic E-state index is 3.43. The Labute approximate surface area is 108 Å². The van der Waals surface area contributed by atoms with Gasteiger partial charge in [-0.2, -0.15) is 0 Å². The van der Waals surface area contributed by atoms with Gasteiger partial charge in [0.1, 0.15) is 0 Å². The van der Waals surface area contributed by atoms with E-state index in [0.29, 0.717) is 0 Å². The number of nitrogens with zero attached hydrogens (tertiary/aromatic N) is 1. The van der Waals surface area contributed by atoms with E-state index in [1.807, 2.05) is 0 Å². The van der Waals surface area contributed by atoms with E-state index in [9.17, 15) is 0 Å². The molecule has 17 heavy (non-hydrogen) atoms. The van der Waals surface area contributed by atoms with Crippen molar-refractivity contribution in [1.29, 1.82) is 0 Å². The van der Waals surface area contributed by atoms with Gasteiger partial charge >= 0.3 is 0 Å². The third kappa shape index (κ3) is 6.42. The van der Waals surface area contributed by atoms with Gasteiger partial charge in [-0.15, -0.1) is 0 Å². The lowest BCUT2D eigenvalue weighted by molar-refractivity contribution is 0.185. The van der Waals surface area contributed by atoms with Gasteiger partial charge in [-0.3, -0.25) is 0 Å². The molecule has 0 atom stereocenters. The minimum Gasteiger partial charge on any atom is -0.317 e. The SMILES string of the molecule is CCNCCCN(CCC(C)C)C1CCCC1. The fourth-order valence-corrected chi connectivity index (χ4v) is 2.75. The summed E-state index contributed by atoms with van der Waals surface area (Å²) >= 11 is 0. The molecule has 0 radical (unpaired) electrons. The molecule has 1 aliphatic carbocycles. The highest BCUT2D eigenvalue weighted by Gasteiger charge is 2.21. The summed E-state index contributed by atoms with van der Waals surface area (Å²) in [6.45, 7) is 11.8. The molecule has 1 rings (SSSR count). The highest BCUT2D eigenvalue weighted by atomic mass is 15.2. The molecule has 0 heterocycles. The lowest BCUT2D eigenvalue weighted by Gasteiger charge is -2.29. The van der Waals surface area contributed by atoms with Crippen LogP contribution in [0.15, 0.2) is 0 Å². The minimum absolute atomic E-state index is 0.840. The summed E-state index contributed by atoms with van der Waals surface area (Å²) in [4.78, 5) is 2.77. The first-order valence-electron chi connectivity index (χ1n) is 7.68. The maximum Gasteiger partial charge on any atom is 0.00952 e. The first kappa shape index (κ1) is 15.0. The Morgan fingerprint density at radius 2 is 1.88 bits per heavy atom. The highest BCUT2D eigenvalue weighted by Crippen LogP contribution is 2.24. The van der Waals surface area contributed by atoms with Crippen LogP contribution in [0.5, 0.6) is 0 Å². The highest BCUT2D eigenvalue weighted by molar-refractivity contribution is 4.77. The van der Waals surface area contributed by atoms with Crippen LogP contribution in [-0.2, 0) is 0 Å². The van der Waals surface area contributed by atoms with E-state index in [1.54, 1.807) is 0 Å². The lowest BCUT2D eigenvalue weighted by Crippen LogP contribution is -2.36. The van der Waals surface area contributed by atoms with Crippen molar-refractivity contribution < 1.29 is 0 Å². The molecule has 0 aromatic carbocycles. The summed E-state index contributed by atoms with van der Waals surface area (Å²) in [7, 11) is 0. The van der Waals surface area contributed by atoms with E-state index in [2.05, 4.69) is 31.0 Å². The van der Waals surface area contributed by atoms with E-state index in [4.69, 9.17) is 0 Å². The summed E-state index contributed by atoms with van der Waals surface area (Å²) in [5.41, 5.74) is 0. The Kier molecular flexibility index (Phi) is 7.87. The Balaban J connectivity index is 2.24. The summed E-state index contributed by atoms with van der Waals surface area (Å²) < 4.78 is 0. The van der Waals surface area contributed by atoms with Crippen LogP contribution >= 0.6 is 0 Å². The predicted octanol–water partition coefficient (Wildman–Crippen LogP) is 3.28. The molecule has 1 aliphatic rings. The van der Waals surface area contributed by atoms with Crippen LogP contribution in [-0.4, -0.2) is 37.1 Å². The van der Waals surface area contributed by atoms with Gasteiger partial charge in [-0.25, -0.2) is 0 Å². The van der Waals surface area contributed by atoms with Crippen LogP contribution in [0.4, 0.5) is 0 Å². The number of hydrogen-bond donors (Lipinski definition) is 1. The van der Waals surface area contributed by atoms with Gasteiger partial charge in [0.2, 0.25) is 0 Å². The van der Waals surface area contributed by atoms with Gasteiger partial charge in [0.05, 0.1) is 0 Å². The predicted molar refractivity (Wildman–Crippen MR) is 76.4 cm³/mol. The normalized spacial score (nSPS) is 17.5. The fourth-order valence-electron chi connectivity index (χ4n) is 2.75. The zero-order chi connectivity index (χ0) is 12.5. The molecule has 0 aromatic rings. The van der Waals surface area contributed by atoms with Crippen molar-refractivity contribution in [1.82, 2.24) is 10.2 Å². The zero-order valence-corrected chi connectivity index (χ0v) is 12.2. The number of hydrogen-bond acceptors (Lipinski definition) is 2. The van der Waals surface area contributed by atoms with Crippen LogP contribution in [0.1, 0.15) is 59.3 Å². The van der Waals surface area contributed by atoms with Crippen LogP contribution in [0, 0.1) is 5.92 Å². The summed E-state index contributed by atoms with van der Waals surface area (Å²) in [6.07, 6.45) is 8.46. The first-order valence-corrected chi connectivity index (χ1v) is 7.68. The van der Waals surface area contributed by atoms with E-state index in [-0.39, 0.29) is 0 Å². The molecular formula is C15H32N2. The van der Waals surface area contributed by atoms with Gasteiger partial charge in [0, 0.05) is 6.04 Å². The molecule has 2 heteroatoms. The second-order valence-corrected chi connectivity index (χ2v) is 5.86. The smallest absolute Gasteiger partial charge is 0.00952 e. The molecule has 0 amide bonds. The molecule has 0 aromatic heterocycles. The lowest BCUT2D eigenvalue weighted by atomic mass is 10.1. The van der Waals surface area contributed by atoms with Gasteiger partial charge in [0.25, 0.3) is 0 Å². The van der Waals surface area contributed by atoms with Crippen molar-refractivity contribution in [2.24, 2.45) is 5.92 Å². The molecule has 0 spiro atoms. The molecule has 0 saturated heterocycles. The number of nitrogens with one attached hydrogen (secondary N) is 1. The Hall–Kier alpha value is -0.0800. The summed E-state index contributed by atoms with van der Waals surface area (Å²) in [6, 6.07) is 0.898. The molecule has 0 bridgehead atoms. The van der Waals surface area contributed by atoms with Gasteiger partial charge < -0.3 is 10.2 Å². The standard InChI is InChI=1S/C15H32N2/c1-4-16-11-7-12-17(13-10-14(2)3)15-8-5-6-9-15/h14-16H,4-13H2,1-3H3. The fraction of sp³-hybridized carbons (Fsp3) is 1.00. The van der Waals surface area contributed by atoms with E-state index >= 15 is 0 Å². The van der Waals surface area contributed by atoms with Crippen molar-refractivity contribution >= 4 is 0 Å². The Morgan fingerprint density at radius 3 is 2.47 bits per heavy atom. The largest absolute Gasteiger partial charge is 0.317 e.